The molecule has 4 aromatic rings. The molecule has 0 saturated carbocycles. The molecule has 1 aromatic heterocycles. The van der Waals surface area contributed by atoms with Gasteiger partial charge in [0.05, 0.1) is 14.2 Å². The van der Waals surface area contributed by atoms with Gasteiger partial charge in [0.25, 0.3) is 0 Å². The van der Waals surface area contributed by atoms with Crippen molar-refractivity contribution in [3.8, 4) is 23.0 Å². The van der Waals surface area contributed by atoms with E-state index in [9.17, 15) is 4.79 Å². The minimum absolute atomic E-state index is 0.0477. The SMILES string of the molecule is CCc1cccc2c([C@H](CC(=O)NCc3ccc4c(c3)OCO4)c3ccc(OC)c(OC)c3)c[nH]c12. The van der Waals surface area contributed by atoms with Crippen molar-refractivity contribution in [2.75, 3.05) is 21.0 Å². The van der Waals surface area contributed by atoms with Crippen LogP contribution in [0.1, 0.15) is 41.5 Å². The zero-order valence-electron chi connectivity index (χ0n) is 20.7. The van der Waals surface area contributed by atoms with Gasteiger partial charge in [-0.2, -0.15) is 0 Å². The van der Waals surface area contributed by atoms with Crippen molar-refractivity contribution in [1.82, 2.24) is 10.3 Å². The maximum atomic E-state index is 13.2. The summed E-state index contributed by atoms with van der Waals surface area (Å²) in [5.41, 5.74) is 5.37. The smallest absolute Gasteiger partial charge is 0.231 e. The Hall–Kier alpha value is -4.13. The van der Waals surface area contributed by atoms with Crippen LogP contribution in [-0.2, 0) is 17.8 Å². The van der Waals surface area contributed by atoms with Gasteiger partial charge in [-0.05, 0) is 52.9 Å². The van der Waals surface area contributed by atoms with E-state index in [0.29, 0.717) is 23.8 Å². The number of para-hydroxylation sites is 1. The van der Waals surface area contributed by atoms with Crippen LogP contribution >= 0.6 is 0 Å². The molecule has 36 heavy (non-hydrogen) atoms. The second-order valence-electron chi connectivity index (χ2n) is 8.77. The van der Waals surface area contributed by atoms with Crippen LogP contribution in [0.2, 0.25) is 0 Å². The molecule has 0 saturated heterocycles. The first-order valence-electron chi connectivity index (χ1n) is 12.1. The average molecular weight is 487 g/mol. The molecule has 0 unspecified atom stereocenters. The summed E-state index contributed by atoms with van der Waals surface area (Å²) in [5, 5.41) is 4.20. The second kappa shape index (κ2) is 10.2. The van der Waals surface area contributed by atoms with Gasteiger partial charge >= 0.3 is 0 Å². The summed E-state index contributed by atoms with van der Waals surface area (Å²) in [6.07, 6.45) is 3.23. The zero-order chi connectivity index (χ0) is 25.1. The predicted octanol–water partition coefficient (Wildman–Crippen LogP) is 5.31. The highest BCUT2D eigenvalue weighted by molar-refractivity contribution is 5.88. The fourth-order valence-corrected chi connectivity index (χ4v) is 4.81. The fraction of sp³-hybridized carbons (Fsp3) is 0.276. The van der Waals surface area contributed by atoms with Crippen molar-refractivity contribution in [2.45, 2.75) is 32.2 Å². The normalized spacial score (nSPS) is 13.0. The summed E-state index contributed by atoms with van der Waals surface area (Å²) in [4.78, 5) is 16.7. The van der Waals surface area contributed by atoms with Gasteiger partial charge in [-0.3, -0.25) is 4.79 Å². The van der Waals surface area contributed by atoms with Crippen molar-refractivity contribution >= 4 is 16.8 Å². The molecule has 2 N–H and O–H groups in total. The van der Waals surface area contributed by atoms with E-state index in [1.165, 1.54) is 5.56 Å². The number of rotatable bonds is 9. The Morgan fingerprint density at radius 1 is 1.03 bits per heavy atom. The van der Waals surface area contributed by atoms with E-state index in [2.05, 4.69) is 35.4 Å². The summed E-state index contributed by atoms with van der Waals surface area (Å²) < 4.78 is 21.8. The molecule has 1 aliphatic heterocycles. The molecule has 1 amide bonds. The number of fused-ring (bicyclic) bond motifs is 2. The molecule has 1 aliphatic rings. The van der Waals surface area contributed by atoms with Gasteiger partial charge in [0, 0.05) is 36.0 Å². The topological polar surface area (TPSA) is 81.8 Å². The van der Waals surface area contributed by atoms with Crippen molar-refractivity contribution < 1.29 is 23.7 Å². The van der Waals surface area contributed by atoms with Gasteiger partial charge in [-0.1, -0.05) is 37.3 Å². The molecule has 7 nitrogen and oxygen atoms in total. The fourth-order valence-electron chi connectivity index (χ4n) is 4.81. The lowest BCUT2D eigenvalue weighted by Gasteiger charge is -2.19. The third kappa shape index (κ3) is 4.56. The zero-order valence-corrected chi connectivity index (χ0v) is 20.7. The molecular weight excluding hydrogens is 456 g/mol. The van der Waals surface area contributed by atoms with Crippen LogP contribution in [0.3, 0.4) is 0 Å². The summed E-state index contributed by atoms with van der Waals surface area (Å²) in [5.74, 6) is 2.49. The van der Waals surface area contributed by atoms with Crippen molar-refractivity contribution in [3.05, 3.63) is 83.0 Å². The van der Waals surface area contributed by atoms with E-state index in [0.717, 1.165) is 39.8 Å². The second-order valence-corrected chi connectivity index (χ2v) is 8.77. The lowest BCUT2D eigenvalue weighted by Crippen LogP contribution is -2.25. The predicted molar refractivity (Wildman–Crippen MR) is 138 cm³/mol. The van der Waals surface area contributed by atoms with Crippen LogP contribution < -0.4 is 24.3 Å². The Kier molecular flexibility index (Phi) is 6.71. The van der Waals surface area contributed by atoms with Gasteiger partial charge in [-0.25, -0.2) is 0 Å². The highest BCUT2D eigenvalue weighted by Gasteiger charge is 2.24. The minimum Gasteiger partial charge on any atom is -0.493 e. The van der Waals surface area contributed by atoms with Crippen LogP contribution in [-0.4, -0.2) is 31.9 Å². The number of carbonyl (C=O) groups excluding carboxylic acids is 1. The Labute approximate surface area is 210 Å². The number of carbonyl (C=O) groups is 1. The molecule has 0 fully saturated rings. The number of amides is 1. The van der Waals surface area contributed by atoms with Crippen LogP contribution in [0, 0.1) is 0 Å². The van der Waals surface area contributed by atoms with Gasteiger partial charge < -0.3 is 29.2 Å². The first-order chi connectivity index (χ1) is 17.6. The molecule has 3 aromatic carbocycles. The number of aromatic amines is 1. The lowest BCUT2D eigenvalue weighted by atomic mass is 9.87. The Balaban J connectivity index is 1.44. The van der Waals surface area contributed by atoms with Crippen LogP contribution in [0.5, 0.6) is 23.0 Å². The minimum atomic E-state index is -0.178. The number of aromatic nitrogens is 1. The molecule has 5 rings (SSSR count). The average Bonchev–Trinajstić information content (AvgIpc) is 3.57. The maximum Gasteiger partial charge on any atom is 0.231 e. The molecule has 7 heteroatoms. The highest BCUT2D eigenvalue weighted by atomic mass is 16.7. The van der Waals surface area contributed by atoms with Crippen LogP contribution in [0.4, 0.5) is 0 Å². The molecule has 186 valence electrons. The van der Waals surface area contributed by atoms with E-state index in [4.69, 9.17) is 18.9 Å². The summed E-state index contributed by atoms with van der Waals surface area (Å²) in [6.45, 7) is 2.77. The molecule has 2 heterocycles. The number of methoxy groups -OCH3 is 2. The highest BCUT2D eigenvalue weighted by Crippen LogP contribution is 2.38. The number of hydrogen-bond donors (Lipinski definition) is 2. The van der Waals surface area contributed by atoms with E-state index in [1.807, 2.05) is 42.6 Å². The van der Waals surface area contributed by atoms with Crippen LogP contribution in [0.25, 0.3) is 10.9 Å². The third-order valence-electron chi connectivity index (χ3n) is 6.72. The molecule has 0 aliphatic carbocycles. The van der Waals surface area contributed by atoms with E-state index < -0.39 is 0 Å². The summed E-state index contributed by atoms with van der Waals surface area (Å²) in [7, 11) is 3.23. The van der Waals surface area contributed by atoms with Crippen LogP contribution in [0.15, 0.2) is 60.8 Å². The van der Waals surface area contributed by atoms with E-state index >= 15 is 0 Å². The van der Waals surface area contributed by atoms with E-state index in [-0.39, 0.29) is 25.0 Å². The number of nitrogens with one attached hydrogen (secondary N) is 2. The molecular formula is C29H30N2O5. The molecule has 1 atom stereocenters. The van der Waals surface area contributed by atoms with Crippen molar-refractivity contribution in [1.29, 1.82) is 0 Å². The van der Waals surface area contributed by atoms with Gasteiger partial charge in [0.1, 0.15) is 0 Å². The summed E-state index contributed by atoms with van der Waals surface area (Å²) >= 11 is 0. The quantitative estimate of drug-likeness (QED) is 0.335. The van der Waals surface area contributed by atoms with Crippen molar-refractivity contribution in [3.63, 3.8) is 0 Å². The van der Waals surface area contributed by atoms with Gasteiger partial charge in [0.15, 0.2) is 23.0 Å². The van der Waals surface area contributed by atoms with E-state index in [1.54, 1.807) is 14.2 Å². The number of H-pyrrole nitrogens is 1. The Morgan fingerprint density at radius 2 is 1.86 bits per heavy atom. The first kappa shape index (κ1) is 23.6. The lowest BCUT2D eigenvalue weighted by molar-refractivity contribution is -0.121. The molecule has 0 bridgehead atoms. The molecule has 0 radical (unpaired) electrons. The first-order valence-corrected chi connectivity index (χ1v) is 12.1. The standard InChI is InChI=1S/C29H30N2O5/c1-4-19-6-5-7-21-23(16-31-29(19)21)22(20-9-11-24(33-2)26(13-20)34-3)14-28(32)30-15-18-8-10-25-27(12-18)36-17-35-25/h5-13,16,22,31H,4,14-15,17H2,1-3H3,(H,30,32)/t22-/m1/s1. The number of benzene rings is 3. The number of ether oxygens (including phenoxy) is 4. The Bertz CT molecular complexity index is 1390. The Morgan fingerprint density at radius 3 is 2.67 bits per heavy atom. The maximum absolute atomic E-state index is 13.2. The number of hydrogen-bond acceptors (Lipinski definition) is 5. The van der Waals surface area contributed by atoms with Gasteiger partial charge in [0.2, 0.25) is 12.7 Å². The summed E-state index contributed by atoms with van der Waals surface area (Å²) in [6, 6.07) is 17.9. The third-order valence-corrected chi connectivity index (χ3v) is 6.72. The largest absolute Gasteiger partial charge is 0.493 e. The van der Waals surface area contributed by atoms with Crippen molar-refractivity contribution in [2.24, 2.45) is 0 Å². The monoisotopic (exact) mass is 486 g/mol. The van der Waals surface area contributed by atoms with Gasteiger partial charge in [-0.15, -0.1) is 0 Å². The number of aryl methyl sites for hydroxylation is 1. The molecule has 0 spiro atoms.